The Hall–Kier alpha value is -2.16. The molecule has 0 bridgehead atoms. The number of carbonyl (C=O) groups is 1. The predicted molar refractivity (Wildman–Crippen MR) is 83.0 cm³/mol. The molecule has 1 aromatic carbocycles. The summed E-state index contributed by atoms with van der Waals surface area (Å²) in [4.78, 5) is 19.1. The van der Waals surface area contributed by atoms with E-state index in [1.54, 1.807) is 0 Å². The first-order valence-electron chi connectivity index (χ1n) is 7.53. The molecule has 1 aromatic heterocycles. The zero-order valence-electron chi connectivity index (χ0n) is 12.3. The number of carbonyl (C=O) groups excluding carboxylic acids is 1. The Morgan fingerprint density at radius 1 is 1.19 bits per heavy atom. The highest BCUT2D eigenvalue weighted by atomic mass is 16.2. The van der Waals surface area contributed by atoms with Gasteiger partial charge in [-0.15, -0.1) is 0 Å². The van der Waals surface area contributed by atoms with E-state index in [2.05, 4.69) is 11.1 Å². The smallest absolute Gasteiger partial charge is 0.254 e. The number of aryl methyl sites for hydroxylation is 1. The number of piperidine rings is 1. The molecule has 3 nitrogen and oxygen atoms in total. The van der Waals surface area contributed by atoms with E-state index in [0.29, 0.717) is 0 Å². The Bertz CT molecular complexity index is 624. The molecule has 1 aliphatic rings. The molecule has 1 fully saturated rings. The summed E-state index contributed by atoms with van der Waals surface area (Å²) in [6, 6.07) is 11.9. The fourth-order valence-electron chi connectivity index (χ4n) is 3.03. The minimum atomic E-state index is 0.127. The molecule has 3 rings (SSSR count). The van der Waals surface area contributed by atoms with Crippen LogP contribution in [0.25, 0.3) is 0 Å². The third-order valence-corrected chi connectivity index (χ3v) is 4.07. The normalized spacial score (nSPS) is 18.5. The van der Waals surface area contributed by atoms with Crippen LogP contribution in [0.15, 0.2) is 48.8 Å². The van der Waals surface area contributed by atoms with Gasteiger partial charge >= 0.3 is 0 Å². The van der Waals surface area contributed by atoms with E-state index < -0.39 is 0 Å². The second-order valence-electron chi connectivity index (χ2n) is 5.67. The second-order valence-corrected chi connectivity index (χ2v) is 5.67. The van der Waals surface area contributed by atoms with Gasteiger partial charge in [0.25, 0.3) is 5.91 Å². The van der Waals surface area contributed by atoms with Crippen molar-refractivity contribution in [1.29, 1.82) is 0 Å². The first-order chi connectivity index (χ1) is 10.3. The lowest BCUT2D eigenvalue weighted by Gasteiger charge is -2.36. The van der Waals surface area contributed by atoms with Crippen LogP contribution in [0.1, 0.15) is 46.8 Å². The number of nitrogens with zero attached hydrogens (tertiary/aromatic N) is 2. The van der Waals surface area contributed by atoms with Crippen molar-refractivity contribution < 1.29 is 4.79 Å². The molecular weight excluding hydrogens is 260 g/mol. The molecule has 21 heavy (non-hydrogen) atoms. The fourth-order valence-corrected chi connectivity index (χ4v) is 3.03. The average molecular weight is 280 g/mol. The number of benzene rings is 1. The van der Waals surface area contributed by atoms with Crippen LogP contribution in [0.2, 0.25) is 0 Å². The summed E-state index contributed by atoms with van der Waals surface area (Å²) in [6.45, 7) is 2.87. The van der Waals surface area contributed by atoms with Crippen molar-refractivity contribution in [3.63, 3.8) is 0 Å². The van der Waals surface area contributed by atoms with Crippen LogP contribution >= 0.6 is 0 Å². The molecule has 2 heterocycles. The Balaban J connectivity index is 1.90. The van der Waals surface area contributed by atoms with Crippen molar-refractivity contribution in [2.75, 3.05) is 6.54 Å². The third kappa shape index (κ3) is 2.97. The van der Waals surface area contributed by atoms with Gasteiger partial charge in [-0.25, -0.2) is 0 Å². The SMILES string of the molecule is Cc1cncc(C2CCCCN2C(=O)c2ccccc2)c1. The Labute approximate surface area is 125 Å². The highest BCUT2D eigenvalue weighted by molar-refractivity contribution is 5.94. The molecule has 0 radical (unpaired) electrons. The maximum Gasteiger partial charge on any atom is 0.254 e. The van der Waals surface area contributed by atoms with Gasteiger partial charge in [0.1, 0.15) is 0 Å². The first kappa shape index (κ1) is 13.8. The molecule has 1 aliphatic heterocycles. The van der Waals surface area contributed by atoms with Crippen LogP contribution in [0.3, 0.4) is 0 Å². The summed E-state index contributed by atoms with van der Waals surface area (Å²) in [6.07, 6.45) is 7.01. The van der Waals surface area contributed by atoms with Gasteiger partial charge in [-0.1, -0.05) is 24.3 Å². The fraction of sp³-hybridized carbons (Fsp3) is 0.333. The zero-order chi connectivity index (χ0) is 14.7. The summed E-state index contributed by atoms with van der Waals surface area (Å²) in [7, 11) is 0. The van der Waals surface area contributed by atoms with Crippen LogP contribution in [0, 0.1) is 6.92 Å². The largest absolute Gasteiger partial charge is 0.332 e. The van der Waals surface area contributed by atoms with Crippen molar-refractivity contribution >= 4 is 5.91 Å². The van der Waals surface area contributed by atoms with Gasteiger partial charge in [0, 0.05) is 24.5 Å². The second kappa shape index (κ2) is 6.08. The van der Waals surface area contributed by atoms with Crippen LogP contribution in [0.5, 0.6) is 0 Å². The Morgan fingerprint density at radius 2 is 2.00 bits per heavy atom. The lowest BCUT2D eigenvalue weighted by atomic mass is 9.95. The number of aromatic nitrogens is 1. The van der Waals surface area contributed by atoms with E-state index in [9.17, 15) is 4.79 Å². The molecule has 2 aromatic rings. The summed E-state index contributed by atoms with van der Waals surface area (Å²) >= 11 is 0. The zero-order valence-corrected chi connectivity index (χ0v) is 12.3. The van der Waals surface area contributed by atoms with Crippen molar-refractivity contribution in [3.8, 4) is 0 Å². The average Bonchev–Trinajstić information content (AvgIpc) is 2.55. The summed E-state index contributed by atoms with van der Waals surface area (Å²) in [5, 5.41) is 0. The molecule has 0 spiro atoms. The molecule has 0 saturated carbocycles. The molecule has 1 amide bonds. The van der Waals surface area contributed by atoms with E-state index >= 15 is 0 Å². The minimum Gasteiger partial charge on any atom is -0.332 e. The highest BCUT2D eigenvalue weighted by Crippen LogP contribution is 2.32. The van der Waals surface area contributed by atoms with E-state index in [1.165, 1.54) is 0 Å². The summed E-state index contributed by atoms with van der Waals surface area (Å²) in [5.74, 6) is 0.127. The minimum absolute atomic E-state index is 0.127. The van der Waals surface area contributed by atoms with E-state index in [4.69, 9.17) is 0 Å². The highest BCUT2D eigenvalue weighted by Gasteiger charge is 2.28. The van der Waals surface area contributed by atoms with Crippen LogP contribution in [0.4, 0.5) is 0 Å². The van der Waals surface area contributed by atoms with Gasteiger partial charge in [0.2, 0.25) is 0 Å². The van der Waals surface area contributed by atoms with Crippen LogP contribution < -0.4 is 0 Å². The topological polar surface area (TPSA) is 33.2 Å². The molecule has 1 atom stereocenters. The molecular formula is C18H20N2O. The molecule has 1 unspecified atom stereocenters. The lowest BCUT2D eigenvalue weighted by molar-refractivity contribution is 0.0611. The lowest BCUT2D eigenvalue weighted by Crippen LogP contribution is -2.38. The monoisotopic (exact) mass is 280 g/mol. The molecule has 3 heteroatoms. The third-order valence-electron chi connectivity index (χ3n) is 4.07. The standard InChI is InChI=1S/C18H20N2O/c1-14-11-16(13-19-12-14)17-9-5-6-10-20(17)18(21)15-7-3-2-4-8-15/h2-4,7-8,11-13,17H,5-6,9-10H2,1H3. The Kier molecular flexibility index (Phi) is 4.00. The molecule has 108 valence electrons. The van der Waals surface area contributed by atoms with Gasteiger partial charge < -0.3 is 4.90 Å². The van der Waals surface area contributed by atoms with Crippen LogP contribution in [-0.2, 0) is 0 Å². The number of rotatable bonds is 2. The maximum atomic E-state index is 12.8. The number of amides is 1. The van der Waals surface area contributed by atoms with Gasteiger partial charge in [0.05, 0.1) is 6.04 Å². The molecule has 1 saturated heterocycles. The van der Waals surface area contributed by atoms with E-state index in [1.807, 2.05) is 54.5 Å². The number of likely N-dealkylation sites (tertiary alicyclic amines) is 1. The van der Waals surface area contributed by atoms with Crippen molar-refractivity contribution in [3.05, 3.63) is 65.5 Å². The summed E-state index contributed by atoms with van der Waals surface area (Å²) < 4.78 is 0. The first-order valence-corrected chi connectivity index (χ1v) is 7.53. The van der Waals surface area contributed by atoms with Gasteiger partial charge in [-0.2, -0.15) is 0 Å². The van der Waals surface area contributed by atoms with Crippen molar-refractivity contribution in [2.24, 2.45) is 0 Å². The van der Waals surface area contributed by atoms with E-state index in [-0.39, 0.29) is 11.9 Å². The number of pyridine rings is 1. The van der Waals surface area contributed by atoms with Gasteiger partial charge in [-0.05, 0) is 49.4 Å². The van der Waals surface area contributed by atoms with E-state index in [0.717, 1.165) is 42.5 Å². The Morgan fingerprint density at radius 3 is 2.76 bits per heavy atom. The maximum absolute atomic E-state index is 12.8. The quantitative estimate of drug-likeness (QED) is 0.839. The van der Waals surface area contributed by atoms with Gasteiger partial charge in [-0.3, -0.25) is 9.78 Å². The van der Waals surface area contributed by atoms with Crippen LogP contribution in [-0.4, -0.2) is 22.3 Å². The number of hydrogen-bond donors (Lipinski definition) is 0. The van der Waals surface area contributed by atoms with Crippen molar-refractivity contribution in [1.82, 2.24) is 9.88 Å². The van der Waals surface area contributed by atoms with Gasteiger partial charge in [0.15, 0.2) is 0 Å². The molecule has 0 aliphatic carbocycles. The molecule has 0 N–H and O–H groups in total. The number of hydrogen-bond acceptors (Lipinski definition) is 2. The van der Waals surface area contributed by atoms with Crippen molar-refractivity contribution in [2.45, 2.75) is 32.2 Å². The predicted octanol–water partition coefficient (Wildman–Crippen LogP) is 3.76. The summed E-state index contributed by atoms with van der Waals surface area (Å²) in [5.41, 5.74) is 3.06.